The van der Waals surface area contributed by atoms with E-state index in [1.54, 1.807) is 4.90 Å². The van der Waals surface area contributed by atoms with Crippen molar-refractivity contribution in [1.29, 1.82) is 0 Å². The van der Waals surface area contributed by atoms with Crippen LogP contribution in [0.5, 0.6) is 0 Å². The summed E-state index contributed by atoms with van der Waals surface area (Å²) in [6.07, 6.45) is 1.69. The summed E-state index contributed by atoms with van der Waals surface area (Å²) in [5.74, 6) is -0.642. The van der Waals surface area contributed by atoms with Crippen LogP contribution in [0.2, 0.25) is 0 Å². The number of hydrogen-bond donors (Lipinski definition) is 1. The lowest BCUT2D eigenvalue weighted by molar-refractivity contribution is -0.145. The molecule has 0 aliphatic carbocycles. The summed E-state index contributed by atoms with van der Waals surface area (Å²) < 4.78 is 0. The molecule has 146 valence electrons. The van der Waals surface area contributed by atoms with Crippen LogP contribution < -0.4 is 5.73 Å². The number of carbonyl (C=O) groups is 3. The van der Waals surface area contributed by atoms with Crippen molar-refractivity contribution in [2.24, 2.45) is 11.7 Å². The fourth-order valence-electron chi connectivity index (χ4n) is 4.13. The summed E-state index contributed by atoms with van der Waals surface area (Å²) in [7, 11) is 0. The minimum Gasteiger partial charge on any atom is -0.368 e. The third-order valence-corrected chi connectivity index (χ3v) is 6.58. The number of fused-ring (bicyclic) bond motifs is 1. The Morgan fingerprint density at radius 3 is 2.36 bits per heavy atom. The first-order valence-electron chi connectivity index (χ1n) is 9.54. The molecule has 6 nitrogen and oxygen atoms in total. The molecule has 0 spiro atoms. The van der Waals surface area contributed by atoms with Gasteiger partial charge in [-0.05, 0) is 35.4 Å². The standard InChI is InChI=1S/C21H23N3O3S/c22-19(25)17-12-15-4-1-2-5-16(15)13-24(17)20(26)14-7-9-23(10-8-14)21(27)18-6-3-11-28-18/h1-6,11,14,17H,7-10,12-13H2,(H2,22,25)/t17-/m0/s1. The SMILES string of the molecule is NC(=O)[C@@H]1Cc2ccccc2CN1C(=O)C1CCN(C(=O)c2cccs2)CC1. The normalized spacial score (nSPS) is 19.9. The first kappa shape index (κ1) is 18.7. The van der Waals surface area contributed by atoms with E-state index in [2.05, 4.69) is 0 Å². The number of rotatable bonds is 3. The average molecular weight is 398 g/mol. The highest BCUT2D eigenvalue weighted by Crippen LogP contribution is 2.28. The summed E-state index contributed by atoms with van der Waals surface area (Å²) in [6.45, 7) is 1.52. The van der Waals surface area contributed by atoms with Crippen molar-refractivity contribution in [3.05, 3.63) is 57.8 Å². The molecule has 0 radical (unpaired) electrons. The second kappa shape index (κ2) is 7.75. The van der Waals surface area contributed by atoms with Crippen LogP contribution in [0, 0.1) is 5.92 Å². The van der Waals surface area contributed by atoms with E-state index in [0.717, 1.165) is 16.0 Å². The number of primary amides is 1. The molecule has 2 aliphatic heterocycles. The smallest absolute Gasteiger partial charge is 0.263 e. The minimum atomic E-state index is -0.604. The summed E-state index contributed by atoms with van der Waals surface area (Å²) >= 11 is 1.43. The Kier molecular flexibility index (Phi) is 5.17. The van der Waals surface area contributed by atoms with E-state index in [0.29, 0.717) is 38.9 Å². The van der Waals surface area contributed by atoms with E-state index in [4.69, 9.17) is 5.73 Å². The largest absolute Gasteiger partial charge is 0.368 e. The Labute approximate surface area is 167 Å². The first-order chi connectivity index (χ1) is 13.5. The van der Waals surface area contributed by atoms with Crippen LogP contribution in [0.3, 0.4) is 0 Å². The van der Waals surface area contributed by atoms with Crippen molar-refractivity contribution in [3.63, 3.8) is 0 Å². The highest BCUT2D eigenvalue weighted by molar-refractivity contribution is 7.12. The van der Waals surface area contributed by atoms with E-state index < -0.39 is 11.9 Å². The molecule has 1 saturated heterocycles. The number of nitrogens with two attached hydrogens (primary N) is 1. The number of thiophene rings is 1. The summed E-state index contributed by atoms with van der Waals surface area (Å²) in [6, 6.07) is 11.0. The van der Waals surface area contributed by atoms with Crippen molar-refractivity contribution in [2.75, 3.05) is 13.1 Å². The minimum absolute atomic E-state index is 0.0264. The number of hydrogen-bond acceptors (Lipinski definition) is 4. The zero-order chi connectivity index (χ0) is 19.7. The number of likely N-dealkylation sites (tertiary alicyclic amines) is 1. The van der Waals surface area contributed by atoms with Crippen LogP contribution in [0.4, 0.5) is 0 Å². The molecule has 1 atom stereocenters. The second-order valence-corrected chi connectivity index (χ2v) is 8.35. The molecule has 1 aromatic carbocycles. The number of benzene rings is 1. The predicted octanol–water partition coefficient (Wildman–Crippen LogP) is 2.04. The maximum atomic E-state index is 13.2. The molecule has 3 amide bonds. The van der Waals surface area contributed by atoms with Gasteiger partial charge in [0, 0.05) is 32.0 Å². The number of amides is 3. The van der Waals surface area contributed by atoms with Gasteiger partial charge in [-0.1, -0.05) is 30.3 Å². The van der Waals surface area contributed by atoms with Gasteiger partial charge in [0.25, 0.3) is 5.91 Å². The molecule has 7 heteroatoms. The van der Waals surface area contributed by atoms with Gasteiger partial charge in [-0.3, -0.25) is 14.4 Å². The van der Waals surface area contributed by atoms with Crippen molar-refractivity contribution in [3.8, 4) is 0 Å². The van der Waals surface area contributed by atoms with Crippen molar-refractivity contribution in [2.45, 2.75) is 31.8 Å². The monoisotopic (exact) mass is 397 g/mol. The Bertz CT molecular complexity index is 888. The zero-order valence-corrected chi connectivity index (χ0v) is 16.4. The fraction of sp³-hybridized carbons (Fsp3) is 0.381. The van der Waals surface area contributed by atoms with Crippen LogP contribution in [0.1, 0.15) is 33.6 Å². The number of nitrogens with zero attached hydrogens (tertiary/aromatic N) is 2. The topological polar surface area (TPSA) is 83.7 Å². The Balaban J connectivity index is 1.44. The van der Waals surface area contributed by atoms with Crippen LogP contribution in [-0.2, 0) is 22.6 Å². The van der Waals surface area contributed by atoms with Gasteiger partial charge in [0.15, 0.2) is 0 Å². The Morgan fingerprint density at radius 1 is 1.00 bits per heavy atom. The van der Waals surface area contributed by atoms with Crippen molar-refractivity contribution < 1.29 is 14.4 Å². The molecule has 1 aromatic heterocycles. The summed E-state index contributed by atoms with van der Waals surface area (Å²) in [5.41, 5.74) is 7.76. The summed E-state index contributed by atoms with van der Waals surface area (Å²) in [5, 5.41) is 1.89. The molecular weight excluding hydrogens is 374 g/mol. The molecule has 0 unspecified atom stereocenters. The molecule has 0 saturated carbocycles. The van der Waals surface area contributed by atoms with Gasteiger partial charge in [-0.2, -0.15) is 0 Å². The van der Waals surface area contributed by atoms with Gasteiger partial charge in [0.05, 0.1) is 4.88 Å². The lowest BCUT2D eigenvalue weighted by atomic mass is 9.89. The van der Waals surface area contributed by atoms with Crippen LogP contribution >= 0.6 is 11.3 Å². The molecule has 2 aliphatic rings. The van der Waals surface area contributed by atoms with Crippen LogP contribution in [-0.4, -0.2) is 46.7 Å². The van der Waals surface area contributed by atoms with E-state index in [1.807, 2.05) is 46.7 Å². The number of piperidine rings is 1. The lowest BCUT2D eigenvalue weighted by Crippen LogP contribution is -2.54. The molecule has 28 heavy (non-hydrogen) atoms. The van der Waals surface area contributed by atoms with Gasteiger partial charge < -0.3 is 15.5 Å². The van der Waals surface area contributed by atoms with Gasteiger partial charge in [-0.25, -0.2) is 0 Å². The highest BCUT2D eigenvalue weighted by atomic mass is 32.1. The van der Waals surface area contributed by atoms with Crippen LogP contribution in [0.15, 0.2) is 41.8 Å². The first-order valence-corrected chi connectivity index (χ1v) is 10.4. The zero-order valence-electron chi connectivity index (χ0n) is 15.5. The second-order valence-electron chi connectivity index (χ2n) is 7.40. The van der Waals surface area contributed by atoms with Gasteiger partial charge >= 0.3 is 0 Å². The van der Waals surface area contributed by atoms with E-state index in [1.165, 1.54) is 11.3 Å². The Morgan fingerprint density at radius 2 is 1.71 bits per heavy atom. The molecular formula is C21H23N3O3S. The molecule has 2 aromatic rings. The average Bonchev–Trinajstić information content (AvgIpc) is 3.26. The van der Waals surface area contributed by atoms with Crippen LogP contribution in [0.25, 0.3) is 0 Å². The molecule has 1 fully saturated rings. The van der Waals surface area contributed by atoms with Gasteiger partial charge in [-0.15, -0.1) is 11.3 Å². The molecule has 0 bridgehead atoms. The maximum Gasteiger partial charge on any atom is 0.263 e. The highest BCUT2D eigenvalue weighted by Gasteiger charge is 2.38. The quantitative estimate of drug-likeness (QED) is 0.860. The third-order valence-electron chi connectivity index (χ3n) is 5.72. The molecule has 4 rings (SSSR count). The summed E-state index contributed by atoms with van der Waals surface area (Å²) in [4.78, 5) is 41.9. The van der Waals surface area contributed by atoms with Crippen molar-refractivity contribution in [1.82, 2.24) is 9.80 Å². The maximum absolute atomic E-state index is 13.2. The third kappa shape index (κ3) is 3.54. The predicted molar refractivity (Wildman–Crippen MR) is 107 cm³/mol. The molecule has 2 N–H and O–H groups in total. The van der Waals surface area contributed by atoms with E-state index in [-0.39, 0.29) is 17.7 Å². The van der Waals surface area contributed by atoms with E-state index in [9.17, 15) is 14.4 Å². The van der Waals surface area contributed by atoms with Crippen molar-refractivity contribution >= 4 is 29.1 Å². The lowest BCUT2D eigenvalue weighted by Gasteiger charge is -2.39. The van der Waals surface area contributed by atoms with E-state index >= 15 is 0 Å². The molecule has 3 heterocycles. The van der Waals surface area contributed by atoms with Gasteiger partial charge in [0.2, 0.25) is 11.8 Å². The number of carbonyl (C=O) groups excluding carboxylic acids is 3. The fourth-order valence-corrected chi connectivity index (χ4v) is 4.82. The van der Waals surface area contributed by atoms with Gasteiger partial charge in [0.1, 0.15) is 6.04 Å². The Hall–Kier alpha value is -2.67.